The molecule has 0 amide bonds. The Balaban J connectivity index is 2.50. The SMILES string of the molecule is CCc1cc(Cl)n(-c2cccc(C#N)c2)n1. The van der Waals surface area contributed by atoms with Crippen molar-refractivity contribution in [2.45, 2.75) is 13.3 Å². The van der Waals surface area contributed by atoms with E-state index < -0.39 is 0 Å². The second kappa shape index (κ2) is 4.38. The molecule has 80 valence electrons. The highest BCUT2D eigenvalue weighted by Crippen LogP contribution is 2.18. The van der Waals surface area contributed by atoms with Gasteiger partial charge in [-0.15, -0.1) is 0 Å². The predicted octanol–water partition coefficient (Wildman–Crippen LogP) is 2.96. The molecule has 0 atom stereocenters. The summed E-state index contributed by atoms with van der Waals surface area (Å²) in [6, 6.07) is 11.1. The van der Waals surface area contributed by atoms with Crippen molar-refractivity contribution in [2.75, 3.05) is 0 Å². The second-order valence-electron chi connectivity index (χ2n) is 3.39. The van der Waals surface area contributed by atoms with Crippen molar-refractivity contribution in [3.8, 4) is 11.8 Å². The number of benzene rings is 1. The van der Waals surface area contributed by atoms with E-state index in [2.05, 4.69) is 11.2 Å². The van der Waals surface area contributed by atoms with E-state index in [0.29, 0.717) is 10.7 Å². The van der Waals surface area contributed by atoms with Crippen LogP contribution in [-0.2, 0) is 6.42 Å². The summed E-state index contributed by atoms with van der Waals surface area (Å²) in [5.41, 5.74) is 2.35. The van der Waals surface area contributed by atoms with Crippen LogP contribution in [0.1, 0.15) is 18.2 Å². The van der Waals surface area contributed by atoms with E-state index in [1.807, 2.05) is 25.1 Å². The van der Waals surface area contributed by atoms with Crippen LogP contribution in [0.3, 0.4) is 0 Å². The number of halogens is 1. The van der Waals surface area contributed by atoms with Gasteiger partial charge in [-0.05, 0) is 30.7 Å². The number of hydrogen-bond donors (Lipinski definition) is 0. The van der Waals surface area contributed by atoms with Crippen LogP contribution in [0.15, 0.2) is 30.3 Å². The fourth-order valence-corrected chi connectivity index (χ4v) is 1.73. The lowest BCUT2D eigenvalue weighted by molar-refractivity contribution is 0.841. The van der Waals surface area contributed by atoms with Crippen LogP contribution in [-0.4, -0.2) is 9.78 Å². The fourth-order valence-electron chi connectivity index (χ4n) is 1.46. The molecule has 0 fully saturated rings. The van der Waals surface area contributed by atoms with Crippen molar-refractivity contribution in [3.05, 3.63) is 46.7 Å². The Morgan fingerprint density at radius 1 is 1.44 bits per heavy atom. The minimum Gasteiger partial charge on any atom is -0.222 e. The van der Waals surface area contributed by atoms with Gasteiger partial charge in [0.2, 0.25) is 0 Å². The van der Waals surface area contributed by atoms with Gasteiger partial charge in [0.1, 0.15) is 5.15 Å². The molecule has 2 aromatic rings. The molecular formula is C12H10ClN3. The maximum absolute atomic E-state index is 8.82. The lowest BCUT2D eigenvalue weighted by atomic mass is 10.2. The molecule has 0 spiro atoms. The number of hydrogen-bond acceptors (Lipinski definition) is 2. The summed E-state index contributed by atoms with van der Waals surface area (Å²) in [5.74, 6) is 0. The van der Waals surface area contributed by atoms with Gasteiger partial charge >= 0.3 is 0 Å². The third kappa shape index (κ3) is 1.93. The van der Waals surface area contributed by atoms with E-state index in [4.69, 9.17) is 16.9 Å². The lowest BCUT2D eigenvalue weighted by Gasteiger charge is -2.02. The van der Waals surface area contributed by atoms with Crippen LogP contribution >= 0.6 is 11.6 Å². The molecule has 4 heteroatoms. The molecule has 0 aliphatic carbocycles. The summed E-state index contributed by atoms with van der Waals surface area (Å²) in [6.07, 6.45) is 0.838. The number of aromatic nitrogens is 2. The third-order valence-electron chi connectivity index (χ3n) is 2.30. The molecule has 0 aliphatic rings. The molecule has 0 radical (unpaired) electrons. The maximum atomic E-state index is 8.82. The van der Waals surface area contributed by atoms with E-state index >= 15 is 0 Å². The quantitative estimate of drug-likeness (QED) is 0.798. The topological polar surface area (TPSA) is 41.6 Å². The van der Waals surface area contributed by atoms with Gasteiger partial charge < -0.3 is 0 Å². The minimum atomic E-state index is 0.562. The van der Waals surface area contributed by atoms with Crippen LogP contribution in [0.4, 0.5) is 0 Å². The van der Waals surface area contributed by atoms with E-state index in [-0.39, 0.29) is 0 Å². The maximum Gasteiger partial charge on any atom is 0.133 e. The first-order valence-corrected chi connectivity index (χ1v) is 5.37. The van der Waals surface area contributed by atoms with Crippen LogP contribution in [0.25, 0.3) is 5.69 Å². The molecule has 0 saturated heterocycles. The highest BCUT2D eigenvalue weighted by atomic mass is 35.5. The highest BCUT2D eigenvalue weighted by Gasteiger charge is 2.06. The summed E-state index contributed by atoms with van der Waals surface area (Å²) in [7, 11) is 0. The monoisotopic (exact) mass is 231 g/mol. The Kier molecular flexibility index (Phi) is 2.93. The lowest BCUT2D eigenvalue weighted by Crippen LogP contribution is -1.97. The predicted molar refractivity (Wildman–Crippen MR) is 62.7 cm³/mol. The fraction of sp³-hybridized carbons (Fsp3) is 0.167. The van der Waals surface area contributed by atoms with E-state index in [1.54, 1.807) is 16.8 Å². The molecule has 1 heterocycles. The summed E-state index contributed by atoms with van der Waals surface area (Å²) >= 11 is 6.07. The zero-order valence-electron chi connectivity index (χ0n) is 8.81. The Bertz CT molecular complexity index is 552. The van der Waals surface area contributed by atoms with Gasteiger partial charge in [-0.25, -0.2) is 4.68 Å². The van der Waals surface area contributed by atoms with E-state index in [9.17, 15) is 0 Å². The minimum absolute atomic E-state index is 0.562. The van der Waals surface area contributed by atoms with Crippen molar-refractivity contribution < 1.29 is 0 Å². The molecule has 0 saturated carbocycles. The zero-order valence-corrected chi connectivity index (χ0v) is 9.57. The van der Waals surface area contributed by atoms with Crippen molar-refractivity contribution in [1.29, 1.82) is 5.26 Å². The zero-order chi connectivity index (χ0) is 11.5. The highest BCUT2D eigenvalue weighted by molar-refractivity contribution is 6.29. The number of nitrogens with zero attached hydrogens (tertiary/aromatic N) is 3. The number of rotatable bonds is 2. The average molecular weight is 232 g/mol. The van der Waals surface area contributed by atoms with Gasteiger partial charge in [0.05, 0.1) is 23.0 Å². The van der Waals surface area contributed by atoms with Crippen molar-refractivity contribution in [3.63, 3.8) is 0 Å². The number of aryl methyl sites for hydroxylation is 1. The molecule has 0 unspecified atom stereocenters. The molecular weight excluding hydrogens is 222 g/mol. The van der Waals surface area contributed by atoms with Gasteiger partial charge in [-0.1, -0.05) is 24.6 Å². The summed E-state index contributed by atoms with van der Waals surface area (Å²) in [5, 5.41) is 13.7. The molecule has 0 aliphatic heterocycles. The molecule has 1 aromatic carbocycles. The van der Waals surface area contributed by atoms with E-state index in [1.165, 1.54) is 0 Å². The molecule has 0 bridgehead atoms. The van der Waals surface area contributed by atoms with Gasteiger partial charge in [0, 0.05) is 0 Å². The molecule has 16 heavy (non-hydrogen) atoms. The van der Waals surface area contributed by atoms with Crippen LogP contribution in [0.2, 0.25) is 5.15 Å². The van der Waals surface area contributed by atoms with Crippen LogP contribution < -0.4 is 0 Å². The normalized spacial score (nSPS) is 10.1. The van der Waals surface area contributed by atoms with Crippen molar-refractivity contribution in [2.24, 2.45) is 0 Å². The Morgan fingerprint density at radius 3 is 2.88 bits per heavy atom. The molecule has 2 rings (SSSR count). The van der Waals surface area contributed by atoms with Gasteiger partial charge in [-0.3, -0.25) is 0 Å². The Morgan fingerprint density at radius 2 is 2.25 bits per heavy atom. The third-order valence-corrected chi connectivity index (χ3v) is 2.57. The molecule has 1 aromatic heterocycles. The first-order valence-electron chi connectivity index (χ1n) is 4.99. The summed E-state index contributed by atoms with van der Waals surface area (Å²) in [4.78, 5) is 0. The Labute approximate surface area is 98.9 Å². The number of nitriles is 1. The Hall–Kier alpha value is -1.79. The first-order chi connectivity index (χ1) is 7.74. The van der Waals surface area contributed by atoms with Gasteiger partial charge in [0.15, 0.2) is 0 Å². The van der Waals surface area contributed by atoms with Crippen LogP contribution in [0, 0.1) is 11.3 Å². The molecule has 3 nitrogen and oxygen atoms in total. The standard InChI is InChI=1S/C12H10ClN3/c1-2-10-7-12(13)16(15-10)11-5-3-4-9(6-11)8-14/h3-7H,2H2,1H3. The van der Waals surface area contributed by atoms with Crippen molar-refractivity contribution in [1.82, 2.24) is 9.78 Å². The summed E-state index contributed by atoms with van der Waals surface area (Å²) in [6.45, 7) is 2.02. The second-order valence-corrected chi connectivity index (χ2v) is 3.77. The first kappa shape index (κ1) is 10.7. The van der Waals surface area contributed by atoms with E-state index in [0.717, 1.165) is 17.8 Å². The smallest absolute Gasteiger partial charge is 0.133 e. The largest absolute Gasteiger partial charge is 0.222 e. The van der Waals surface area contributed by atoms with Gasteiger partial charge in [-0.2, -0.15) is 10.4 Å². The average Bonchev–Trinajstić information content (AvgIpc) is 2.71. The van der Waals surface area contributed by atoms with Crippen LogP contribution in [0.5, 0.6) is 0 Å². The summed E-state index contributed by atoms with van der Waals surface area (Å²) < 4.78 is 1.64. The molecule has 0 N–H and O–H groups in total. The van der Waals surface area contributed by atoms with Crippen molar-refractivity contribution >= 4 is 11.6 Å². The van der Waals surface area contributed by atoms with Gasteiger partial charge in [0.25, 0.3) is 0 Å².